The maximum absolute atomic E-state index is 5.88. The fourth-order valence-corrected chi connectivity index (χ4v) is 1.88. The summed E-state index contributed by atoms with van der Waals surface area (Å²) in [7, 11) is 0. The average Bonchev–Trinajstić information content (AvgIpc) is 2.87. The van der Waals surface area contributed by atoms with Gasteiger partial charge in [0.05, 0.1) is 5.52 Å². The van der Waals surface area contributed by atoms with Gasteiger partial charge in [0, 0.05) is 23.3 Å². The van der Waals surface area contributed by atoms with E-state index < -0.39 is 0 Å². The second-order valence-electron chi connectivity index (χ2n) is 3.73. The molecular formula is C11H12N2. The maximum atomic E-state index is 5.88. The van der Waals surface area contributed by atoms with Crippen molar-refractivity contribution >= 4 is 16.6 Å². The summed E-state index contributed by atoms with van der Waals surface area (Å²) in [5.74, 6) is 0. The van der Waals surface area contributed by atoms with Crippen LogP contribution >= 0.6 is 0 Å². The number of nitrogens with two attached hydrogens (primary N) is 1. The van der Waals surface area contributed by atoms with E-state index in [-0.39, 0.29) is 0 Å². The molecule has 0 spiro atoms. The first-order chi connectivity index (χ1) is 6.36. The molecule has 13 heavy (non-hydrogen) atoms. The van der Waals surface area contributed by atoms with Crippen molar-refractivity contribution in [1.82, 2.24) is 4.57 Å². The van der Waals surface area contributed by atoms with Gasteiger partial charge in [-0.1, -0.05) is 6.07 Å². The van der Waals surface area contributed by atoms with Gasteiger partial charge in [0.1, 0.15) is 0 Å². The van der Waals surface area contributed by atoms with Gasteiger partial charge in [-0.2, -0.15) is 0 Å². The highest BCUT2D eigenvalue weighted by atomic mass is 15.0. The molecule has 1 aliphatic rings. The Balaban J connectivity index is 2.32. The van der Waals surface area contributed by atoms with Crippen molar-refractivity contribution in [3.8, 4) is 0 Å². The molecule has 66 valence electrons. The van der Waals surface area contributed by atoms with Crippen LogP contribution in [0, 0.1) is 0 Å². The number of nitrogens with zero attached hydrogens (tertiary/aromatic N) is 1. The summed E-state index contributed by atoms with van der Waals surface area (Å²) in [6, 6.07) is 8.97. The monoisotopic (exact) mass is 172 g/mol. The van der Waals surface area contributed by atoms with E-state index in [1.807, 2.05) is 12.1 Å². The summed E-state index contributed by atoms with van der Waals surface area (Å²) in [4.78, 5) is 0. The first-order valence-electron chi connectivity index (χ1n) is 4.71. The van der Waals surface area contributed by atoms with Crippen molar-refractivity contribution < 1.29 is 0 Å². The van der Waals surface area contributed by atoms with E-state index in [2.05, 4.69) is 22.9 Å². The molecule has 2 aromatic rings. The first kappa shape index (κ1) is 7.01. The van der Waals surface area contributed by atoms with Gasteiger partial charge in [0.15, 0.2) is 0 Å². The van der Waals surface area contributed by atoms with Crippen molar-refractivity contribution in [2.75, 3.05) is 5.73 Å². The molecule has 1 aromatic heterocycles. The van der Waals surface area contributed by atoms with Crippen LogP contribution in [0.5, 0.6) is 0 Å². The SMILES string of the molecule is Nc1cccc2c1ccn2C1CC1. The van der Waals surface area contributed by atoms with Crippen LogP contribution in [0.15, 0.2) is 30.5 Å². The molecule has 1 heterocycles. The molecule has 0 saturated heterocycles. The van der Waals surface area contributed by atoms with Gasteiger partial charge in [-0.05, 0) is 31.0 Å². The highest BCUT2D eigenvalue weighted by Crippen LogP contribution is 2.38. The quantitative estimate of drug-likeness (QED) is 0.658. The Bertz CT molecular complexity index is 452. The summed E-state index contributed by atoms with van der Waals surface area (Å²) >= 11 is 0. The van der Waals surface area contributed by atoms with E-state index in [1.165, 1.54) is 23.7 Å². The van der Waals surface area contributed by atoms with E-state index in [0.29, 0.717) is 0 Å². The summed E-state index contributed by atoms with van der Waals surface area (Å²) < 4.78 is 2.34. The number of benzene rings is 1. The summed E-state index contributed by atoms with van der Waals surface area (Å²) in [6.07, 6.45) is 4.79. The predicted octanol–water partition coefficient (Wildman–Crippen LogP) is 2.56. The van der Waals surface area contributed by atoms with Crippen LogP contribution in [0.3, 0.4) is 0 Å². The topological polar surface area (TPSA) is 30.9 Å². The molecule has 2 heteroatoms. The Labute approximate surface area is 77.0 Å². The molecule has 0 radical (unpaired) electrons. The number of hydrogen-bond donors (Lipinski definition) is 1. The number of rotatable bonds is 1. The Hall–Kier alpha value is -1.44. The summed E-state index contributed by atoms with van der Waals surface area (Å²) in [6.45, 7) is 0. The Morgan fingerprint density at radius 2 is 2.08 bits per heavy atom. The van der Waals surface area contributed by atoms with E-state index in [0.717, 1.165) is 11.7 Å². The van der Waals surface area contributed by atoms with Gasteiger partial charge in [-0.25, -0.2) is 0 Å². The third-order valence-corrected chi connectivity index (χ3v) is 2.74. The number of nitrogen functional groups attached to an aromatic ring is 1. The number of anilines is 1. The molecule has 1 aliphatic carbocycles. The van der Waals surface area contributed by atoms with E-state index >= 15 is 0 Å². The fraction of sp³-hybridized carbons (Fsp3) is 0.273. The van der Waals surface area contributed by atoms with Gasteiger partial charge in [-0.15, -0.1) is 0 Å². The van der Waals surface area contributed by atoms with E-state index in [9.17, 15) is 0 Å². The zero-order valence-electron chi connectivity index (χ0n) is 7.40. The maximum Gasteiger partial charge on any atom is 0.0503 e. The molecule has 0 aliphatic heterocycles. The van der Waals surface area contributed by atoms with Crippen molar-refractivity contribution in [3.05, 3.63) is 30.5 Å². The fourth-order valence-electron chi connectivity index (χ4n) is 1.88. The van der Waals surface area contributed by atoms with E-state index in [4.69, 9.17) is 5.73 Å². The highest BCUT2D eigenvalue weighted by Gasteiger charge is 2.24. The highest BCUT2D eigenvalue weighted by molar-refractivity contribution is 5.91. The molecule has 0 bridgehead atoms. The molecule has 0 unspecified atom stereocenters. The summed E-state index contributed by atoms with van der Waals surface area (Å²) in [5.41, 5.74) is 8.04. The molecule has 1 saturated carbocycles. The second kappa shape index (κ2) is 2.28. The second-order valence-corrected chi connectivity index (χ2v) is 3.73. The molecule has 1 fully saturated rings. The lowest BCUT2D eigenvalue weighted by Crippen LogP contribution is -1.91. The molecule has 2 nitrogen and oxygen atoms in total. The van der Waals surface area contributed by atoms with Gasteiger partial charge >= 0.3 is 0 Å². The van der Waals surface area contributed by atoms with Crippen molar-refractivity contribution in [1.29, 1.82) is 0 Å². The third kappa shape index (κ3) is 0.949. The minimum atomic E-state index is 0.735. The standard InChI is InChI=1S/C11H12N2/c12-10-2-1-3-11-9(10)6-7-13(11)8-4-5-8/h1-3,6-8H,4-5,12H2. The molecular weight excluding hydrogens is 160 g/mol. The summed E-state index contributed by atoms with van der Waals surface area (Å²) in [5, 5.41) is 1.19. The van der Waals surface area contributed by atoms with Gasteiger partial charge in [0.2, 0.25) is 0 Å². The minimum Gasteiger partial charge on any atom is -0.398 e. The lowest BCUT2D eigenvalue weighted by atomic mass is 10.2. The molecule has 2 N–H and O–H groups in total. The van der Waals surface area contributed by atoms with E-state index in [1.54, 1.807) is 0 Å². The van der Waals surface area contributed by atoms with Crippen LogP contribution in [-0.4, -0.2) is 4.57 Å². The van der Waals surface area contributed by atoms with Crippen molar-refractivity contribution in [2.45, 2.75) is 18.9 Å². The molecule has 1 aromatic carbocycles. The van der Waals surface area contributed by atoms with Gasteiger partial charge in [-0.3, -0.25) is 0 Å². The van der Waals surface area contributed by atoms with Crippen LogP contribution in [0.1, 0.15) is 18.9 Å². The smallest absolute Gasteiger partial charge is 0.0503 e. The largest absolute Gasteiger partial charge is 0.398 e. The lowest BCUT2D eigenvalue weighted by molar-refractivity contribution is 0.776. The first-order valence-corrected chi connectivity index (χ1v) is 4.71. The minimum absolute atomic E-state index is 0.735. The van der Waals surface area contributed by atoms with Crippen molar-refractivity contribution in [2.24, 2.45) is 0 Å². The van der Waals surface area contributed by atoms with Gasteiger partial charge in [0.25, 0.3) is 0 Å². The van der Waals surface area contributed by atoms with Gasteiger partial charge < -0.3 is 10.3 Å². The normalized spacial score (nSPS) is 16.6. The van der Waals surface area contributed by atoms with Crippen LogP contribution < -0.4 is 5.73 Å². The third-order valence-electron chi connectivity index (χ3n) is 2.74. The number of hydrogen-bond acceptors (Lipinski definition) is 1. The van der Waals surface area contributed by atoms with Crippen LogP contribution in [0.25, 0.3) is 10.9 Å². The molecule has 0 amide bonds. The molecule has 0 atom stereocenters. The average molecular weight is 172 g/mol. The number of aromatic nitrogens is 1. The van der Waals surface area contributed by atoms with Crippen molar-refractivity contribution in [3.63, 3.8) is 0 Å². The Morgan fingerprint density at radius 1 is 1.23 bits per heavy atom. The zero-order valence-corrected chi connectivity index (χ0v) is 7.40. The lowest BCUT2D eigenvalue weighted by Gasteiger charge is -2.02. The Morgan fingerprint density at radius 3 is 2.85 bits per heavy atom. The predicted molar refractivity (Wildman–Crippen MR) is 54.6 cm³/mol. The van der Waals surface area contributed by atoms with Crippen LogP contribution in [-0.2, 0) is 0 Å². The van der Waals surface area contributed by atoms with Crippen LogP contribution in [0.2, 0.25) is 0 Å². The zero-order chi connectivity index (χ0) is 8.84. The molecule has 3 rings (SSSR count). The Kier molecular flexibility index (Phi) is 1.23. The number of fused-ring (bicyclic) bond motifs is 1. The van der Waals surface area contributed by atoms with Crippen LogP contribution in [0.4, 0.5) is 5.69 Å².